The number of H-pyrrole nitrogens is 1. The third kappa shape index (κ3) is 2.35. The Morgan fingerprint density at radius 3 is 2.65 bits per heavy atom. The number of nitrogens with zero attached hydrogens (tertiary/aromatic N) is 1. The first-order valence-electron chi connectivity index (χ1n) is 7.89. The summed E-state index contributed by atoms with van der Waals surface area (Å²) in [5.74, 6) is -0.675. The van der Waals surface area contributed by atoms with Crippen molar-refractivity contribution in [2.24, 2.45) is 5.92 Å². The molecule has 1 unspecified atom stereocenters. The van der Waals surface area contributed by atoms with Gasteiger partial charge in [0.25, 0.3) is 0 Å². The zero-order chi connectivity index (χ0) is 16.8. The molecule has 0 bridgehead atoms. The van der Waals surface area contributed by atoms with Crippen molar-refractivity contribution in [2.45, 2.75) is 45.5 Å². The molecular weight excluding hydrogens is 308 g/mol. The van der Waals surface area contributed by atoms with Crippen LogP contribution >= 0.6 is 0 Å². The van der Waals surface area contributed by atoms with Gasteiger partial charge in [0.2, 0.25) is 0 Å². The first-order chi connectivity index (χ1) is 11.0. The van der Waals surface area contributed by atoms with Gasteiger partial charge in [-0.2, -0.15) is 18.3 Å². The number of aromatic amines is 1. The van der Waals surface area contributed by atoms with Gasteiger partial charge >= 0.3 is 6.18 Å². The van der Waals surface area contributed by atoms with Gasteiger partial charge in [-0.1, -0.05) is 19.9 Å². The topological polar surface area (TPSA) is 28.7 Å². The monoisotopic (exact) mass is 326 g/mol. The van der Waals surface area contributed by atoms with Gasteiger partial charge in [-0.15, -0.1) is 0 Å². The number of hydrogen-bond acceptors (Lipinski definition) is 1. The van der Waals surface area contributed by atoms with E-state index in [1.807, 2.05) is 13.8 Å². The van der Waals surface area contributed by atoms with Crippen LogP contribution in [0.3, 0.4) is 0 Å². The second kappa shape index (κ2) is 5.65. The van der Waals surface area contributed by atoms with E-state index in [1.54, 1.807) is 12.1 Å². The van der Waals surface area contributed by atoms with Crippen molar-refractivity contribution < 1.29 is 17.6 Å². The standard InChI is InChI=1S/C15H12F4N2.C2H6/c16-14-8-2-1-3-10(15(17,18)19)12(8)7-4-5-11-9(13(7)14)6-20-21-11;1-2/h4-6,8,14H,1-3H2,(H,20,21);1-2H3/t8?,14-;/m1./s1. The number of rotatable bonds is 0. The van der Waals surface area contributed by atoms with Gasteiger partial charge in [0.1, 0.15) is 6.17 Å². The minimum Gasteiger partial charge on any atom is -0.278 e. The quantitative estimate of drug-likeness (QED) is 0.615. The van der Waals surface area contributed by atoms with Crippen LogP contribution in [0, 0.1) is 5.92 Å². The molecule has 2 aliphatic rings. The van der Waals surface area contributed by atoms with E-state index in [9.17, 15) is 17.6 Å². The Morgan fingerprint density at radius 1 is 1.22 bits per heavy atom. The Balaban J connectivity index is 0.000000753. The van der Waals surface area contributed by atoms with E-state index in [2.05, 4.69) is 10.2 Å². The Kier molecular flexibility index (Phi) is 3.94. The summed E-state index contributed by atoms with van der Waals surface area (Å²) in [6.45, 7) is 4.00. The van der Waals surface area contributed by atoms with Crippen LogP contribution in [0.25, 0.3) is 16.5 Å². The Hall–Kier alpha value is -1.85. The SMILES string of the molecule is CC.F[C@H]1c2c(ccc3[nH]ncc23)C2=C(C(F)(F)F)CCCC21. The molecule has 0 aliphatic heterocycles. The number of fused-ring (bicyclic) bond motifs is 5. The summed E-state index contributed by atoms with van der Waals surface area (Å²) in [5, 5.41) is 7.19. The fraction of sp³-hybridized carbons (Fsp3) is 0.471. The van der Waals surface area contributed by atoms with Crippen molar-refractivity contribution in [3.8, 4) is 0 Å². The molecule has 0 radical (unpaired) electrons. The van der Waals surface area contributed by atoms with Crippen LogP contribution in [0.4, 0.5) is 17.6 Å². The molecule has 2 aliphatic carbocycles. The summed E-state index contributed by atoms with van der Waals surface area (Å²) in [6, 6.07) is 3.26. The molecule has 6 heteroatoms. The molecule has 2 aromatic rings. The van der Waals surface area contributed by atoms with Crippen LogP contribution in [0.2, 0.25) is 0 Å². The van der Waals surface area contributed by atoms with Crippen LogP contribution in [0.1, 0.15) is 50.4 Å². The maximum Gasteiger partial charge on any atom is 0.412 e. The van der Waals surface area contributed by atoms with Gasteiger partial charge in [0.15, 0.2) is 0 Å². The maximum atomic E-state index is 14.8. The average molecular weight is 326 g/mol. The Bertz CT molecular complexity index is 758. The molecule has 0 fully saturated rings. The van der Waals surface area contributed by atoms with Gasteiger partial charge in [-0.25, -0.2) is 4.39 Å². The van der Waals surface area contributed by atoms with Crippen molar-refractivity contribution in [3.63, 3.8) is 0 Å². The summed E-state index contributed by atoms with van der Waals surface area (Å²) < 4.78 is 54.5. The molecule has 1 heterocycles. The predicted molar refractivity (Wildman–Crippen MR) is 81.6 cm³/mol. The second-order valence-electron chi connectivity index (χ2n) is 5.65. The molecule has 4 rings (SSSR count). The summed E-state index contributed by atoms with van der Waals surface area (Å²) >= 11 is 0. The molecule has 0 saturated heterocycles. The van der Waals surface area contributed by atoms with Gasteiger partial charge in [0, 0.05) is 22.4 Å². The Labute approximate surface area is 131 Å². The van der Waals surface area contributed by atoms with Crippen molar-refractivity contribution in [1.82, 2.24) is 10.2 Å². The molecule has 2 atom stereocenters. The number of alkyl halides is 4. The molecule has 2 nitrogen and oxygen atoms in total. The summed E-state index contributed by atoms with van der Waals surface area (Å²) in [5.41, 5.74) is 1.05. The fourth-order valence-corrected chi connectivity index (χ4v) is 3.72. The zero-order valence-corrected chi connectivity index (χ0v) is 13.0. The van der Waals surface area contributed by atoms with Gasteiger partial charge in [-0.3, -0.25) is 5.10 Å². The van der Waals surface area contributed by atoms with Gasteiger partial charge in [-0.05, 0) is 36.5 Å². The molecule has 0 amide bonds. The molecule has 23 heavy (non-hydrogen) atoms. The molecule has 0 spiro atoms. The van der Waals surface area contributed by atoms with Crippen molar-refractivity contribution >= 4 is 16.5 Å². The maximum absolute atomic E-state index is 14.8. The minimum absolute atomic E-state index is 0.0229. The highest BCUT2D eigenvalue weighted by Crippen LogP contribution is 2.56. The van der Waals surface area contributed by atoms with Gasteiger partial charge < -0.3 is 0 Å². The van der Waals surface area contributed by atoms with Crippen molar-refractivity contribution in [1.29, 1.82) is 0 Å². The van der Waals surface area contributed by atoms with Crippen LogP contribution in [0.15, 0.2) is 23.9 Å². The van der Waals surface area contributed by atoms with Crippen LogP contribution < -0.4 is 0 Å². The van der Waals surface area contributed by atoms with Gasteiger partial charge in [0.05, 0.1) is 11.7 Å². The summed E-state index contributed by atoms with van der Waals surface area (Å²) in [4.78, 5) is 0. The highest BCUT2D eigenvalue weighted by atomic mass is 19.4. The number of benzene rings is 1. The molecule has 1 aromatic heterocycles. The molecule has 1 N–H and O–H groups in total. The lowest BCUT2D eigenvalue weighted by Crippen LogP contribution is -2.20. The van der Waals surface area contributed by atoms with Crippen molar-refractivity contribution in [2.75, 3.05) is 0 Å². The number of nitrogens with one attached hydrogen (secondary N) is 1. The van der Waals surface area contributed by atoms with E-state index in [1.165, 1.54) is 6.20 Å². The largest absolute Gasteiger partial charge is 0.412 e. The van der Waals surface area contributed by atoms with E-state index < -0.39 is 23.8 Å². The first kappa shape index (κ1) is 16.0. The zero-order valence-electron chi connectivity index (χ0n) is 13.0. The minimum atomic E-state index is -4.39. The first-order valence-corrected chi connectivity index (χ1v) is 7.89. The van der Waals surface area contributed by atoms with Crippen molar-refractivity contribution in [3.05, 3.63) is 35.0 Å². The van der Waals surface area contributed by atoms with E-state index in [-0.39, 0.29) is 12.0 Å². The highest BCUT2D eigenvalue weighted by molar-refractivity contribution is 5.92. The van der Waals surface area contributed by atoms with E-state index in [0.717, 1.165) is 0 Å². The Morgan fingerprint density at radius 2 is 1.96 bits per heavy atom. The lowest BCUT2D eigenvalue weighted by atomic mass is 9.82. The number of allylic oxidation sites excluding steroid dienone is 2. The molecule has 124 valence electrons. The van der Waals surface area contributed by atoms with Crippen LogP contribution in [-0.4, -0.2) is 16.4 Å². The summed E-state index contributed by atoms with van der Waals surface area (Å²) in [6.07, 6.45) is -3.46. The van der Waals surface area contributed by atoms with E-state index in [4.69, 9.17) is 0 Å². The fourth-order valence-electron chi connectivity index (χ4n) is 3.72. The second-order valence-corrected chi connectivity index (χ2v) is 5.65. The number of hydrogen-bond donors (Lipinski definition) is 1. The lowest BCUT2D eigenvalue weighted by molar-refractivity contribution is -0.0947. The molecular formula is C17H18F4N2. The average Bonchev–Trinajstić information content (AvgIpc) is 3.11. The third-order valence-electron chi connectivity index (χ3n) is 4.57. The highest BCUT2D eigenvalue weighted by Gasteiger charge is 2.47. The number of halogens is 4. The van der Waals surface area contributed by atoms with E-state index in [0.29, 0.717) is 34.9 Å². The van der Waals surface area contributed by atoms with Crippen LogP contribution in [-0.2, 0) is 0 Å². The van der Waals surface area contributed by atoms with E-state index >= 15 is 0 Å². The summed E-state index contributed by atoms with van der Waals surface area (Å²) in [7, 11) is 0. The van der Waals surface area contributed by atoms with Crippen LogP contribution in [0.5, 0.6) is 0 Å². The normalized spacial score (nSPS) is 23.4. The molecule has 1 aromatic carbocycles. The predicted octanol–water partition coefficient (Wildman–Crippen LogP) is 5.73. The smallest absolute Gasteiger partial charge is 0.278 e. The third-order valence-corrected chi connectivity index (χ3v) is 4.57. The lowest BCUT2D eigenvalue weighted by Gasteiger charge is -2.26. The number of aromatic nitrogens is 2. The molecule has 0 saturated carbocycles.